The molecule has 1 aliphatic heterocycles. The Morgan fingerprint density at radius 1 is 0.939 bits per heavy atom. The Morgan fingerprint density at radius 3 is 2.42 bits per heavy atom. The summed E-state index contributed by atoms with van der Waals surface area (Å²) in [4.78, 5) is 29.1. The van der Waals surface area contributed by atoms with Crippen LogP contribution in [0.4, 0.5) is 16.2 Å². The molecule has 0 bridgehead atoms. The number of hydrogen-bond donors (Lipinski definition) is 2. The van der Waals surface area contributed by atoms with Gasteiger partial charge in [-0.2, -0.15) is 0 Å². The normalized spacial score (nSPS) is 12.6. The monoisotopic (exact) mass is 442 g/mol. The summed E-state index contributed by atoms with van der Waals surface area (Å²) in [7, 11) is 3.37. The van der Waals surface area contributed by atoms with Gasteiger partial charge in [-0.25, -0.2) is 4.79 Å². The fourth-order valence-electron chi connectivity index (χ4n) is 4.07. The van der Waals surface area contributed by atoms with Crippen LogP contribution in [-0.4, -0.2) is 44.0 Å². The molecule has 6 nitrogen and oxygen atoms in total. The molecule has 0 atom stereocenters. The minimum atomic E-state index is -0.231. The zero-order valence-electron chi connectivity index (χ0n) is 19.2. The number of fused-ring (bicyclic) bond motifs is 1. The van der Waals surface area contributed by atoms with Crippen molar-refractivity contribution < 1.29 is 9.59 Å². The van der Waals surface area contributed by atoms with Crippen molar-refractivity contribution in [2.75, 3.05) is 37.4 Å². The highest BCUT2D eigenvalue weighted by Crippen LogP contribution is 2.29. The summed E-state index contributed by atoms with van der Waals surface area (Å²) in [6.45, 7) is 2.13. The average Bonchev–Trinajstić information content (AvgIpc) is 2.84. The molecule has 1 aliphatic rings. The van der Waals surface area contributed by atoms with E-state index in [4.69, 9.17) is 0 Å². The second-order valence-corrected chi connectivity index (χ2v) is 8.49. The van der Waals surface area contributed by atoms with Gasteiger partial charge in [-0.15, -0.1) is 0 Å². The van der Waals surface area contributed by atoms with Crippen molar-refractivity contribution in [3.05, 3.63) is 95.1 Å². The van der Waals surface area contributed by atoms with Crippen LogP contribution in [-0.2, 0) is 19.4 Å². The van der Waals surface area contributed by atoms with E-state index in [9.17, 15) is 9.59 Å². The first-order valence-electron chi connectivity index (χ1n) is 11.3. The molecule has 170 valence electrons. The van der Waals surface area contributed by atoms with Gasteiger partial charge in [-0.1, -0.05) is 54.6 Å². The fraction of sp³-hybridized carbons (Fsp3) is 0.259. The largest absolute Gasteiger partial charge is 0.366 e. The quantitative estimate of drug-likeness (QED) is 0.598. The lowest BCUT2D eigenvalue weighted by atomic mass is 9.98. The van der Waals surface area contributed by atoms with Gasteiger partial charge in [-0.3, -0.25) is 4.79 Å². The second-order valence-electron chi connectivity index (χ2n) is 8.49. The summed E-state index contributed by atoms with van der Waals surface area (Å²) in [6.07, 6.45) is 1.69. The van der Waals surface area contributed by atoms with Crippen molar-refractivity contribution in [2.45, 2.75) is 19.4 Å². The number of urea groups is 1. The number of carbonyl (C=O) groups is 2. The van der Waals surface area contributed by atoms with E-state index in [0.717, 1.165) is 31.6 Å². The molecular formula is C27H30N4O2. The summed E-state index contributed by atoms with van der Waals surface area (Å²) in [6, 6.07) is 23.9. The first kappa shape index (κ1) is 22.4. The molecule has 3 aromatic rings. The number of nitrogens with one attached hydrogen (secondary N) is 2. The maximum Gasteiger partial charge on any atom is 0.321 e. The number of carbonyl (C=O) groups excluding carboxylic acids is 2. The number of nitrogens with zero attached hydrogens (tertiary/aromatic N) is 2. The number of rotatable bonds is 6. The Balaban J connectivity index is 1.56. The van der Waals surface area contributed by atoms with E-state index in [1.807, 2.05) is 30.3 Å². The number of benzene rings is 3. The molecule has 3 aromatic carbocycles. The van der Waals surface area contributed by atoms with E-state index >= 15 is 0 Å². The average molecular weight is 443 g/mol. The SMILES string of the molecule is CN(C)C(=O)Nc1ccc(N2CCc3ccccc3C2)c(C(=O)NCCc2ccccc2)c1. The number of anilines is 2. The summed E-state index contributed by atoms with van der Waals surface area (Å²) in [5, 5.41) is 5.91. The zero-order valence-corrected chi connectivity index (χ0v) is 19.2. The van der Waals surface area contributed by atoms with E-state index in [1.165, 1.54) is 21.6 Å². The maximum absolute atomic E-state index is 13.3. The molecule has 0 saturated heterocycles. The van der Waals surface area contributed by atoms with Gasteiger partial charge < -0.3 is 20.4 Å². The highest BCUT2D eigenvalue weighted by molar-refractivity contribution is 6.02. The van der Waals surface area contributed by atoms with Crippen LogP contribution in [0.2, 0.25) is 0 Å². The summed E-state index contributed by atoms with van der Waals surface area (Å²) >= 11 is 0. The van der Waals surface area contributed by atoms with Crippen molar-refractivity contribution in [1.29, 1.82) is 0 Å². The molecule has 3 amide bonds. The van der Waals surface area contributed by atoms with Crippen molar-refractivity contribution >= 4 is 23.3 Å². The van der Waals surface area contributed by atoms with E-state index in [-0.39, 0.29) is 11.9 Å². The van der Waals surface area contributed by atoms with E-state index < -0.39 is 0 Å². The van der Waals surface area contributed by atoms with Crippen molar-refractivity contribution in [2.24, 2.45) is 0 Å². The van der Waals surface area contributed by atoms with E-state index in [1.54, 1.807) is 20.2 Å². The van der Waals surface area contributed by atoms with Crippen LogP contribution in [0.3, 0.4) is 0 Å². The number of amides is 3. The highest BCUT2D eigenvalue weighted by atomic mass is 16.2. The third-order valence-corrected chi connectivity index (χ3v) is 5.91. The van der Waals surface area contributed by atoms with Crippen LogP contribution in [0.1, 0.15) is 27.0 Å². The van der Waals surface area contributed by atoms with E-state index in [0.29, 0.717) is 17.8 Å². The third kappa shape index (κ3) is 5.52. The smallest absolute Gasteiger partial charge is 0.321 e. The molecular weight excluding hydrogens is 412 g/mol. The van der Waals surface area contributed by atoms with Gasteiger partial charge in [0.15, 0.2) is 0 Å². The lowest BCUT2D eigenvalue weighted by Gasteiger charge is -2.32. The molecule has 33 heavy (non-hydrogen) atoms. The third-order valence-electron chi connectivity index (χ3n) is 5.91. The second kappa shape index (κ2) is 10.2. The molecule has 0 radical (unpaired) electrons. The van der Waals surface area contributed by atoms with Gasteiger partial charge in [0, 0.05) is 45.1 Å². The minimum absolute atomic E-state index is 0.138. The molecule has 6 heteroatoms. The summed E-state index contributed by atoms with van der Waals surface area (Å²) in [5.41, 5.74) is 5.87. The molecule has 0 unspecified atom stereocenters. The Kier molecular flexibility index (Phi) is 6.93. The molecule has 0 aliphatic carbocycles. The Hall–Kier alpha value is -3.80. The van der Waals surface area contributed by atoms with Gasteiger partial charge >= 0.3 is 6.03 Å². The predicted molar refractivity (Wildman–Crippen MR) is 133 cm³/mol. The van der Waals surface area contributed by atoms with Gasteiger partial charge in [0.25, 0.3) is 5.91 Å². The minimum Gasteiger partial charge on any atom is -0.366 e. The first-order chi connectivity index (χ1) is 16.0. The topological polar surface area (TPSA) is 64.7 Å². The molecule has 0 spiro atoms. The zero-order chi connectivity index (χ0) is 23.2. The predicted octanol–water partition coefficient (Wildman–Crippen LogP) is 4.32. The maximum atomic E-state index is 13.3. The molecule has 2 N–H and O–H groups in total. The molecule has 0 saturated carbocycles. The van der Waals surface area contributed by atoms with Crippen LogP contribution in [0, 0.1) is 0 Å². The first-order valence-corrected chi connectivity index (χ1v) is 11.3. The van der Waals surface area contributed by atoms with Gasteiger partial charge in [0.2, 0.25) is 0 Å². The molecule has 0 fully saturated rings. The highest BCUT2D eigenvalue weighted by Gasteiger charge is 2.22. The Bertz CT molecular complexity index is 1130. The van der Waals surface area contributed by atoms with E-state index in [2.05, 4.69) is 51.9 Å². The van der Waals surface area contributed by atoms with Crippen LogP contribution < -0.4 is 15.5 Å². The van der Waals surface area contributed by atoms with Crippen LogP contribution in [0.15, 0.2) is 72.8 Å². The van der Waals surface area contributed by atoms with Crippen LogP contribution in [0.25, 0.3) is 0 Å². The number of hydrogen-bond acceptors (Lipinski definition) is 3. The van der Waals surface area contributed by atoms with Crippen LogP contribution >= 0.6 is 0 Å². The van der Waals surface area contributed by atoms with Crippen molar-refractivity contribution in [3.8, 4) is 0 Å². The van der Waals surface area contributed by atoms with Gasteiger partial charge in [0.05, 0.1) is 5.56 Å². The van der Waals surface area contributed by atoms with Crippen molar-refractivity contribution in [3.63, 3.8) is 0 Å². The lowest BCUT2D eigenvalue weighted by Crippen LogP contribution is -2.34. The Labute approximate surface area is 195 Å². The molecule has 1 heterocycles. The van der Waals surface area contributed by atoms with Gasteiger partial charge in [-0.05, 0) is 47.7 Å². The van der Waals surface area contributed by atoms with Crippen LogP contribution in [0.5, 0.6) is 0 Å². The lowest BCUT2D eigenvalue weighted by molar-refractivity contribution is 0.0954. The van der Waals surface area contributed by atoms with Crippen molar-refractivity contribution in [1.82, 2.24) is 10.2 Å². The molecule has 4 rings (SSSR count). The molecule has 0 aromatic heterocycles. The standard InChI is InChI=1S/C27H30N4O2/c1-30(2)27(33)29-23-12-13-25(31-17-15-21-10-6-7-11-22(21)19-31)24(18-23)26(32)28-16-14-20-8-4-3-5-9-20/h3-13,18H,14-17,19H2,1-2H3,(H,28,32)(H,29,33). The van der Waals surface area contributed by atoms with Gasteiger partial charge in [0.1, 0.15) is 0 Å². The fourth-order valence-corrected chi connectivity index (χ4v) is 4.07. The summed E-state index contributed by atoms with van der Waals surface area (Å²) in [5.74, 6) is -0.138. The Morgan fingerprint density at radius 2 is 1.67 bits per heavy atom. The summed E-state index contributed by atoms with van der Waals surface area (Å²) < 4.78 is 0.